The summed E-state index contributed by atoms with van der Waals surface area (Å²) in [5.74, 6) is -1.82. The number of carbonyl (C=O) groups excluding carboxylic acids is 1. The third-order valence-electron chi connectivity index (χ3n) is 5.04. The summed E-state index contributed by atoms with van der Waals surface area (Å²) in [5.41, 5.74) is 1.41. The average molecular weight is 493 g/mol. The molecule has 0 bridgehead atoms. The number of rotatable bonds is 9. The molecule has 0 saturated carbocycles. The van der Waals surface area contributed by atoms with Gasteiger partial charge in [0.25, 0.3) is 0 Å². The number of anilines is 1. The van der Waals surface area contributed by atoms with Crippen molar-refractivity contribution in [3.8, 4) is 11.4 Å². The Morgan fingerprint density at radius 1 is 1.00 bits per heavy atom. The Morgan fingerprint density at radius 2 is 1.69 bits per heavy atom. The molecule has 4 rings (SSSR count). The highest BCUT2D eigenvalue weighted by molar-refractivity contribution is 7.99. The zero-order valence-corrected chi connectivity index (χ0v) is 19.3. The van der Waals surface area contributed by atoms with Gasteiger partial charge < -0.3 is 19.9 Å². The number of furan rings is 1. The number of benzene rings is 2. The van der Waals surface area contributed by atoms with E-state index in [0.29, 0.717) is 23.3 Å². The molecule has 11 heteroatoms. The van der Waals surface area contributed by atoms with Gasteiger partial charge in [-0.05, 0) is 36.8 Å². The van der Waals surface area contributed by atoms with Gasteiger partial charge in [0.15, 0.2) is 11.0 Å². The molecule has 0 spiro atoms. The molecule has 0 aliphatic heterocycles. The first-order chi connectivity index (χ1) is 16.8. The van der Waals surface area contributed by atoms with Gasteiger partial charge in [0.05, 0.1) is 35.3 Å². The van der Waals surface area contributed by atoms with Crippen molar-refractivity contribution in [2.24, 2.45) is 0 Å². The Labute approximate surface area is 203 Å². The molecule has 0 radical (unpaired) electrons. The normalized spacial score (nSPS) is 10.8. The molecule has 2 aromatic heterocycles. The maximum absolute atomic E-state index is 12.6. The third kappa shape index (κ3) is 5.58. The predicted octanol–water partition coefficient (Wildman–Crippen LogP) is 4.02. The number of aromatic nitrogens is 3. The fourth-order valence-electron chi connectivity index (χ4n) is 3.39. The summed E-state index contributed by atoms with van der Waals surface area (Å²) < 4.78 is 7.30. The Balaban J connectivity index is 1.54. The predicted molar refractivity (Wildman–Crippen MR) is 128 cm³/mol. The Hall–Kier alpha value is -4.38. The van der Waals surface area contributed by atoms with E-state index >= 15 is 0 Å². The number of hydrogen-bond acceptors (Lipinski definition) is 7. The quantitative estimate of drug-likeness (QED) is 0.295. The zero-order valence-electron chi connectivity index (χ0n) is 18.5. The number of carboxylic acid groups (broad SMARTS) is 2. The summed E-state index contributed by atoms with van der Waals surface area (Å²) in [6.07, 6.45) is 1.57. The van der Waals surface area contributed by atoms with Crippen LogP contribution in [-0.4, -0.2) is 48.6 Å². The van der Waals surface area contributed by atoms with E-state index in [4.69, 9.17) is 4.42 Å². The lowest BCUT2D eigenvalue weighted by atomic mass is 10.1. The molecule has 0 unspecified atom stereocenters. The molecule has 0 aliphatic rings. The summed E-state index contributed by atoms with van der Waals surface area (Å²) in [5, 5.41) is 30.1. The molecular weight excluding hydrogens is 472 g/mol. The van der Waals surface area contributed by atoms with E-state index in [9.17, 15) is 24.6 Å². The number of carboxylic acids is 2. The minimum Gasteiger partial charge on any atom is -0.478 e. The van der Waals surface area contributed by atoms with E-state index in [0.717, 1.165) is 29.0 Å². The molecular formula is C24H20N4O6S. The van der Waals surface area contributed by atoms with E-state index in [-0.39, 0.29) is 22.6 Å². The Bertz CT molecular complexity index is 1360. The van der Waals surface area contributed by atoms with E-state index < -0.39 is 17.8 Å². The van der Waals surface area contributed by atoms with Gasteiger partial charge in [0.1, 0.15) is 5.76 Å². The number of thioether (sulfide) groups is 1. The van der Waals surface area contributed by atoms with E-state index in [1.54, 1.807) is 12.3 Å². The van der Waals surface area contributed by atoms with Crippen LogP contribution in [0.3, 0.4) is 0 Å². The molecule has 10 nitrogen and oxygen atoms in total. The highest BCUT2D eigenvalue weighted by Crippen LogP contribution is 2.28. The van der Waals surface area contributed by atoms with Crippen molar-refractivity contribution in [1.82, 2.24) is 14.8 Å². The highest BCUT2D eigenvalue weighted by atomic mass is 32.2. The number of nitrogens with zero attached hydrogens (tertiary/aromatic N) is 3. The molecule has 2 heterocycles. The number of nitrogens with one attached hydrogen (secondary N) is 1. The molecule has 35 heavy (non-hydrogen) atoms. The Morgan fingerprint density at radius 3 is 2.29 bits per heavy atom. The van der Waals surface area contributed by atoms with Crippen LogP contribution in [0.1, 0.15) is 32.0 Å². The van der Waals surface area contributed by atoms with E-state index in [1.165, 1.54) is 12.1 Å². The van der Waals surface area contributed by atoms with Crippen LogP contribution in [0.2, 0.25) is 0 Å². The second kappa shape index (κ2) is 10.3. The van der Waals surface area contributed by atoms with Gasteiger partial charge in [-0.2, -0.15) is 0 Å². The first kappa shape index (κ1) is 23.8. The first-order valence-corrected chi connectivity index (χ1v) is 11.4. The number of aryl methyl sites for hydroxylation is 1. The van der Waals surface area contributed by atoms with Gasteiger partial charge in [0.2, 0.25) is 5.91 Å². The van der Waals surface area contributed by atoms with Gasteiger partial charge in [-0.3, -0.25) is 9.36 Å². The monoisotopic (exact) mass is 492 g/mol. The van der Waals surface area contributed by atoms with Crippen molar-refractivity contribution in [2.45, 2.75) is 18.6 Å². The molecule has 0 atom stereocenters. The van der Waals surface area contributed by atoms with Crippen LogP contribution in [0.4, 0.5) is 5.69 Å². The second-order valence-electron chi connectivity index (χ2n) is 7.51. The summed E-state index contributed by atoms with van der Waals surface area (Å²) in [7, 11) is 0. The molecule has 1 amide bonds. The van der Waals surface area contributed by atoms with Gasteiger partial charge in [-0.25, -0.2) is 9.59 Å². The van der Waals surface area contributed by atoms with Gasteiger partial charge in [0, 0.05) is 5.69 Å². The van der Waals surface area contributed by atoms with Crippen LogP contribution in [0, 0.1) is 6.92 Å². The lowest BCUT2D eigenvalue weighted by Gasteiger charge is -2.11. The van der Waals surface area contributed by atoms with E-state index in [2.05, 4.69) is 15.5 Å². The van der Waals surface area contributed by atoms with Crippen LogP contribution in [0.25, 0.3) is 11.4 Å². The van der Waals surface area contributed by atoms with Gasteiger partial charge >= 0.3 is 11.9 Å². The van der Waals surface area contributed by atoms with Crippen LogP contribution in [0.15, 0.2) is 70.4 Å². The summed E-state index contributed by atoms with van der Waals surface area (Å²) in [6.45, 7) is 2.30. The molecule has 2 aromatic carbocycles. The highest BCUT2D eigenvalue weighted by Gasteiger charge is 2.19. The lowest BCUT2D eigenvalue weighted by Crippen LogP contribution is -2.16. The van der Waals surface area contributed by atoms with Crippen LogP contribution in [0.5, 0.6) is 0 Å². The minimum atomic E-state index is -1.30. The topological polar surface area (TPSA) is 148 Å². The molecule has 178 valence electrons. The summed E-state index contributed by atoms with van der Waals surface area (Å²) in [6, 6.07) is 15.0. The van der Waals surface area contributed by atoms with Crippen molar-refractivity contribution >= 4 is 35.3 Å². The fourth-order valence-corrected chi connectivity index (χ4v) is 4.13. The van der Waals surface area contributed by atoms with E-state index in [1.807, 2.05) is 41.8 Å². The standard InChI is InChI=1S/C24H20N4O6S/c1-14-19(7-8-34-14)21-26-27-24(28(21)12-15-5-3-2-4-6-15)35-13-20(29)25-18-10-16(22(30)31)9-17(11-18)23(32)33/h2-11H,12-13H2,1H3,(H,25,29)(H,30,31)(H,32,33). The fraction of sp³-hybridized carbons (Fsp3) is 0.125. The number of carbonyl (C=O) groups is 3. The number of amides is 1. The van der Waals surface area contributed by atoms with Crippen LogP contribution < -0.4 is 5.32 Å². The third-order valence-corrected chi connectivity index (χ3v) is 6.01. The molecule has 0 aliphatic carbocycles. The van der Waals surface area contributed by atoms with Gasteiger partial charge in [-0.15, -0.1) is 10.2 Å². The van der Waals surface area contributed by atoms with Crippen LogP contribution >= 0.6 is 11.8 Å². The second-order valence-corrected chi connectivity index (χ2v) is 8.46. The summed E-state index contributed by atoms with van der Waals surface area (Å²) >= 11 is 1.15. The molecule has 4 aromatic rings. The summed E-state index contributed by atoms with van der Waals surface area (Å²) in [4.78, 5) is 35.2. The molecule has 0 fully saturated rings. The van der Waals surface area contributed by atoms with Crippen molar-refractivity contribution in [3.63, 3.8) is 0 Å². The average Bonchev–Trinajstić information content (AvgIpc) is 3.43. The van der Waals surface area contributed by atoms with Gasteiger partial charge in [-0.1, -0.05) is 42.1 Å². The van der Waals surface area contributed by atoms with Crippen LogP contribution in [-0.2, 0) is 11.3 Å². The first-order valence-electron chi connectivity index (χ1n) is 10.4. The number of hydrogen-bond donors (Lipinski definition) is 3. The number of aromatic carboxylic acids is 2. The maximum atomic E-state index is 12.6. The smallest absolute Gasteiger partial charge is 0.335 e. The lowest BCUT2D eigenvalue weighted by molar-refractivity contribution is -0.113. The zero-order chi connectivity index (χ0) is 24.9. The van der Waals surface area contributed by atoms with Crippen molar-refractivity contribution in [2.75, 3.05) is 11.1 Å². The largest absolute Gasteiger partial charge is 0.478 e. The van der Waals surface area contributed by atoms with Crippen molar-refractivity contribution in [1.29, 1.82) is 0 Å². The SMILES string of the molecule is Cc1occc1-c1nnc(SCC(=O)Nc2cc(C(=O)O)cc(C(=O)O)c2)n1Cc1ccccc1. The Kier molecular flexibility index (Phi) is 6.97. The molecule has 0 saturated heterocycles. The maximum Gasteiger partial charge on any atom is 0.335 e. The minimum absolute atomic E-state index is 0.0585. The molecule has 3 N–H and O–H groups in total. The van der Waals surface area contributed by atoms with Crippen molar-refractivity contribution < 1.29 is 29.0 Å². The van der Waals surface area contributed by atoms with Crippen molar-refractivity contribution in [3.05, 3.63) is 83.3 Å².